The van der Waals surface area contributed by atoms with Crippen LogP contribution in [0.2, 0.25) is 0 Å². The van der Waals surface area contributed by atoms with E-state index in [-0.39, 0.29) is 18.1 Å². The van der Waals surface area contributed by atoms with Gasteiger partial charge in [0.15, 0.2) is 0 Å². The van der Waals surface area contributed by atoms with Crippen molar-refractivity contribution < 1.29 is 14.6 Å². The molecule has 0 radical (unpaired) electrons. The number of carbonyl (C=O) groups is 1. The Labute approximate surface area is 187 Å². The molecule has 1 aliphatic rings. The standard InChI is InChI=1S/C24H29N5O3/c1-16-9-12-20(24(3,4)31)22(27-16)32-18-11-10-17(2)28(15-18)23(30)19-7-5-6-8-21(19)29-25-13-14-26-29/h5-9,12-14,17-18,31H,10-11,15H2,1-4H3/t17-,18+/m1/s1. The first kappa shape index (κ1) is 22.0. The van der Waals surface area contributed by atoms with Gasteiger partial charge in [0.25, 0.3) is 5.91 Å². The third-order valence-corrected chi connectivity index (χ3v) is 5.81. The van der Waals surface area contributed by atoms with Gasteiger partial charge in [-0.1, -0.05) is 12.1 Å². The first-order valence-corrected chi connectivity index (χ1v) is 10.9. The summed E-state index contributed by atoms with van der Waals surface area (Å²) >= 11 is 0. The molecule has 168 valence electrons. The van der Waals surface area contributed by atoms with Crippen LogP contribution in [-0.2, 0) is 5.60 Å². The van der Waals surface area contributed by atoms with Crippen LogP contribution in [0.3, 0.4) is 0 Å². The van der Waals surface area contributed by atoms with Crippen LogP contribution in [0.5, 0.6) is 5.88 Å². The maximum absolute atomic E-state index is 13.6. The number of aromatic nitrogens is 4. The molecule has 1 N–H and O–H groups in total. The van der Waals surface area contributed by atoms with Gasteiger partial charge in [-0.05, 0) is 64.8 Å². The number of benzene rings is 1. The molecular formula is C24H29N5O3. The molecule has 3 heterocycles. The topological polar surface area (TPSA) is 93.4 Å². The van der Waals surface area contributed by atoms with Gasteiger partial charge < -0.3 is 14.7 Å². The van der Waals surface area contributed by atoms with Crippen LogP contribution in [0.25, 0.3) is 5.69 Å². The smallest absolute Gasteiger partial charge is 0.256 e. The largest absolute Gasteiger partial charge is 0.472 e. The molecule has 1 amide bonds. The van der Waals surface area contributed by atoms with Gasteiger partial charge >= 0.3 is 0 Å². The number of carbonyl (C=O) groups excluding carboxylic acids is 1. The second-order valence-electron chi connectivity index (χ2n) is 8.82. The fourth-order valence-electron chi connectivity index (χ4n) is 4.02. The lowest BCUT2D eigenvalue weighted by Gasteiger charge is -2.38. The molecule has 0 unspecified atom stereocenters. The predicted molar refractivity (Wildman–Crippen MR) is 120 cm³/mol. The molecule has 2 atom stereocenters. The van der Waals surface area contributed by atoms with E-state index in [0.29, 0.717) is 29.2 Å². The second kappa shape index (κ2) is 8.70. The maximum atomic E-state index is 13.6. The number of hydrogen-bond acceptors (Lipinski definition) is 6. The Morgan fingerprint density at radius 3 is 2.56 bits per heavy atom. The van der Waals surface area contributed by atoms with Gasteiger partial charge in [0, 0.05) is 17.3 Å². The van der Waals surface area contributed by atoms with Crippen LogP contribution in [0.4, 0.5) is 0 Å². The monoisotopic (exact) mass is 435 g/mol. The minimum atomic E-state index is -1.08. The van der Waals surface area contributed by atoms with Crippen molar-refractivity contribution in [1.82, 2.24) is 24.9 Å². The Balaban J connectivity index is 1.58. The minimum Gasteiger partial charge on any atom is -0.472 e. The average molecular weight is 436 g/mol. The Morgan fingerprint density at radius 2 is 1.84 bits per heavy atom. The number of para-hydroxylation sites is 1. The number of piperidine rings is 1. The number of pyridine rings is 1. The van der Waals surface area contributed by atoms with E-state index < -0.39 is 5.60 Å². The van der Waals surface area contributed by atoms with Crippen molar-refractivity contribution in [3.63, 3.8) is 0 Å². The van der Waals surface area contributed by atoms with E-state index in [0.717, 1.165) is 18.5 Å². The molecule has 1 fully saturated rings. The molecule has 4 rings (SSSR count). The fourth-order valence-corrected chi connectivity index (χ4v) is 4.02. The molecule has 1 aliphatic heterocycles. The second-order valence-corrected chi connectivity index (χ2v) is 8.82. The van der Waals surface area contributed by atoms with E-state index in [2.05, 4.69) is 22.1 Å². The molecule has 0 bridgehead atoms. The number of ether oxygens (including phenoxy) is 1. The molecule has 0 spiro atoms. The first-order chi connectivity index (χ1) is 15.2. The predicted octanol–water partition coefficient (Wildman–Crippen LogP) is 3.27. The lowest BCUT2D eigenvalue weighted by Crippen LogP contribution is -2.49. The van der Waals surface area contributed by atoms with Gasteiger partial charge in [-0.3, -0.25) is 4.79 Å². The highest BCUT2D eigenvalue weighted by atomic mass is 16.5. The van der Waals surface area contributed by atoms with Crippen LogP contribution < -0.4 is 4.74 Å². The zero-order valence-corrected chi connectivity index (χ0v) is 18.9. The van der Waals surface area contributed by atoms with Crippen molar-refractivity contribution in [3.8, 4) is 11.6 Å². The van der Waals surface area contributed by atoms with Gasteiger partial charge in [-0.15, -0.1) is 0 Å². The van der Waals surface area contributed by atoms with Crippen molar-refractivity contribution in [2.45, 2.75) is 58.3 Å². The molecule has 1 aromatic carbocycles. The quantitative estimate of drug-likeness (QED) is 0.661. The molecule has 1 saturated heterocycles. The third-order valence-electron chi connectivity index (χ3n) is 5.81. The zero-order valence-electron chi connectivity index (χ0n) is 18.9. The van der Waals surface area contributed by atoms with Crippen molar-refractivity contribution in [3.05, 3.63) is 65.6 Å². The summed E-state index contributed by atoms with van der Waals surface area (Å²) in [6.07, 6.45) is 4.56. The molecule has 0 aliphatic carbocycles. The van der Waals surface area contributed by atoms with E-state index in [9.17, 15) is 9.90 Å². The first-order valence-electron chi connectivity index (χ1n) is 10.9. The summed E-state index contributed by atoms with van der Waals surface area (Å²) in [5.74, 6) is 0.337. The molecule has 3 aromatic rings. The van der Waals surface area contributed by atoms with E-state index >= 15 is 0 Å². The maximum Gasteiger partial charge on any atom is 0.256 e. The molecule has 32 heavy (non-hydrogen) atoms. The fraction of sp³-hybridized carbons (Fsp3) is 0.417. The molecule has 8 heteroatoms. The number of amides is 1. The Kier molecular flexibility index (Phi) is 5.97. The van der Waals surface area contributed by atoms with E-state index in [4.69, 9.17) is 4.74 Å². The number of likely N-dealkylation sites (tertiary alicyclic amines) is 1. The molecule has 8 nitrogen and oxygen atoms in total. The Hall–Kier alpha value is -3.26. The number of aliphatic hydroxyl groups is 1. The number of aryl methyl sites for hydroxylation is 1. The molecule has 2 aromatic heterocycles. The van der Waals surface area contributed by atoms with Crippen molar-refractivity contribution >= 4 is 5.91 Å². The van der Waals surface area contributed by atoms with Crippen LogP contribution >= 0.6 is 0 Å². The van der Waals surface area contributed by atoms with Crippen molar-refractivity contribution in [2.75, 3.05) is 6.54 Å². The number of nitrogens with zero attached hydrogens (tertiary/aromatic N) is 5. The molecule has 0 saturated carbocycles. The summed E-state index contributed by atoms with van der Waals surface area (Å²) in [5, 5.41) is 18.9. The van der Waals surface area contributed by atoms with Gasteiger partial charge in [0.05, 0.1) is 35.8 Å². The van der Waals surface area contributed by atoms with E-state index in [1.165, 1.54) is 4.80 Å². The van der Waals surface area contributed by atoms with Crippen LogP contribution in [0, 0.1) is 6.92 Å². The number of hydrogen-bond donors (Lipinski definition) is 1. The lowest BCUT2D eigenvalue weighted by atomic mass is 9.98. The van der Waals surface area contributed by atoms with Crippen molar-refractivity contribution in [2.24, 2.45) is 0 Å². The minimum absolute atomic E-state index is 0.0696. The van der Waals surface area contributed by atoms with Gasteiger partial charge in [-0.25, -0.2) is 4.98 Å². The SMILES string of the molecule is Cc1ccc(C(C)(C)O)c(O[C@H]2CC[C@@H](C)N(C(=O)c3ccccc3-n3nccn3)C2)n1. The summed E-state index contributed by atoms with van der Waals surface area (Å²) < 4.78 is 6.27. The normalized spacial score (nSPS) is 19.1. The average Bonchev–Trinajstić information content (AvgIpc) is 3.28. The van der Waals surface area contributed by atoms with Crippen LogP contribution in [0.15, 0.2) is 48.8 Å². The third kappa shape index (κ3) is 4.50. The van der Waals surface area contributed by atoms with Gasteiger partial charge in [-0.2, -0.15) is 15.0 Å². The lowest BCUT2D eigenvalue weighted by molar-refractivity contribution is 0.0325. The Morgan fingerprint density at radius 1 is 1.12 bits per heavy atom. The van der Waals surface area contributed by atoms with Gasteiger partial charge in [0.1, 0.15) is 6.10 Å². The highest BCUT2D eigenvalue weighted by Crippen LogP contribution is 2.31. The zero-order chi connectivity index (χ0) is 22.9. The van der Waals surface area contributed by atoms with Crippen molar-refractivity contribution in [1.29, 1.82) is 0 Å². The summed E-state index contributed by atoms with van der Waals surface area (Å²) in [5.41, 5.74) is 1.55. The van der Waals surface area contributed by atoms with Crippen LogP contribution in [-0.4, -0.2) is 54.6 Å². The highest BCUT2D eigenvalue weighted by Gasteiger charge is 2.33. The van der Waals surface area contributed by atoms with Crippen LogP contribution in [0.1, 0.15) is 55.2 Å². The van der Waals surface area contributed by atoms with E-state index in [1.807, 2.05) is 42.2 Å². The highest BCUT2D eigenvalue weighted by molar-refractivity contribution is 5.98. The summed E-state index contributed by atoms with van der Waals surface area (Å²) in [6, 6.07) is 11.1. The summed E-state index contributed by atoms with van der Waals surface area (Å²) in [6.45, 7) is 7.80. The Bertz CT molecular complexity index is 1090. The summed E-state index contributed by atoms with van der Waals surface area (Å²) in [7, 11) is 0. The summed E-state index contributed by atoms with van der Waals surface area (Å²) in [4.78, 5) is 21.4. The van der Waals surface area contributed by atoms with Gasteiger partial charge in [0.2, 0.25) is 5.88 Å². The molecular weight excluding hydrogens is 406 g/mol. The number of rotatable bonds is 5. The van der Waals surface area contributed by atoms with E-state index in [1.54, 1.807) is 32.3 Å².